The summed E-state index contributed by atoms with van der Waals surface area (Å²) >= 11 is 0. The summed E-state index contributed by atoms with van der Waals surface area (Å²) in [5, 5.41) is 2.20. The largest absolute Gasteiger partial charge is 0.296 e. The number of carbonyl (C=O) groups excluding carboxylic acids is 2. The first kappa shape index (κ1) is 17.2. The molecule has 0 unspecified atom stereocenters. The Morgan fingerprint density at radius 2 is 1.27 bits per heavy atom. The van der Waals surface area contributed by atoms with Crippen molar-refractivity contribution in [2.45, 2.75) is 19.3 Å². The normalized spacial score (nSPS) is 14.9. The summed E-state index contributed by atoms with van der Waals surface area (Å²) in [6.45, 7) is 0. The van der Waals surface area contributed by atoms with Gasteiger partial charge in [0.1, 0.15) is 0 Å². The monoisotopic (exact) mass is 221 g/mol. The molecule has 1 aliphatic heterocycles. The molecule has 0 bridgehead atoms. The summed E-state index contributed by atoms with van der Waals surface area (Å²) in [6.07, 6.45) is 1.72. The van der Waals surface area contributed by atoms with E-state index in [0.717, 1.165) is 0 Å². The number of piperidine rings is 1. The van der Waals surface area contributed by atoms with Crippen LogP contribution in [-0.4, -0.2) is 11.8 Å². The molecule has 0 aromatic rings. The molecule has 0 aromatic heterocycles. The van der Waals surface area contributed by atoms with Crippen LogP contribution in [-0.2, 0) is 9.59 Å². The van der Waals surface area contributed by atoms with Gasteiger partial charge in [0.05, 0.1) is 0 Å². The van der Waals surface area contributed by atoms with Crippen molar-refractivity contribution in [3.8, 4) is 0 Å². The minimum atomic E-state index is -0.138. The third kappa shape index (κ3) is 6.41. The zero-order chi connectivity index (χ0) is 5.98. The number of imide groups is 1. The summed E-state index contributed by atoms with van der Waals surface area (Å²) in [6, 6.07) is 0. The van der Waals surface area contributed by atoms with Crippen molar-refractivity contribution in [1.29, 1.82) is 0 Å². The third-order valence-electron chi connectivity index (χ3n) is 1.09. The fraction of sp³-hybridized carbons (Fsp3) is 0.600. The van der Waals surface area contributed by atoms with Gasteiger partial charge in [0.25, 0.3) is 0 Å². The summed E-state index contributed by atoms with van der Waals surface area (Å²) in [5.74, 6) is -0.275. The Bertz CT molecular complexity index is 126. The molecule has 1 fully saturated rings. The van der Waals surface area contributed by atoms with E-state index in [9.17, 15) is 9.59 Å². The van der Waals surface area contributed by atoms with Gasteiger partial charge < -0.3 is 0 Å². The topological polar surface area (TPSA) is 46.2 Å². The number of carbonyl (C=O) groups is 2. The molecule has 0 saturated carbocycles. The van der Waals surface area contributed by atoms with Crippen LogP contribution in [0.25, 0.3) is 0 Å². The van der Waals surface area contributed by atoms with E-state index < -0.39 is 0 Å². The van der Waals surface area contributed by atoms with Gasteiger partial charge in [-0.2, -0.15) is 0 Å². The zero-order valence-corrected chi connectivity index (χ0v) is 8.11. The van der Waals surface area contributed by atoms with Crippen LogP contribution in [0.4, 0.5) is 0 Å². The van der Waals surface area contributed by atoms with E-state index in [1.807, 2.05) is 0 Å². The number of amides is 2. The van der Waals surface area contributed by atoms with Gasteiger partial charge in [0, 0.05) is 12.8 Å². The molecule has 0 aromatic carbocycles. The van der Waals surface area contributed by atoms with Crippen LogP contribution in [0.3, 0.4) is 0 Å². The number of rotatable bonds is 0. The molecule has 11 heavy (non-hydrogen) atoms. The Balaban J connectivity index is -0.000000213. The molecule has 1 rings (SSSR count). The molecule has 68 valence electrons. The maximum absolute atomic E-state index is 10.3. The Labute approximate surface area is 83.5 Å². The van der Waals surface area contributed by atoms with Crippen molar-refractivity contribution in [3.63, 3.8) is 0 Å². The summed E-state index contributed by atoms with van der Waals surface area (Å²) in [4.78, 5) is 20.7. The van der Waals surface area contributed by atoms with Crippen LogP contribution in [0.15, 0.2) is 0 Å². The van der Waals surface area contributed by atoms with Crippen LogP contribution < -0.4 is 5.32 Å². The van der Waals surface area contributed by atoms with Gasteiger partial charge in [-0.05, 0) is 6.42 Å². The SMILES string of the molecule is Cl.Cl.Cl.O=C1CCCC(=O)N1. The molecular weight excluding hydrogens is 212 g/mol. The summed E-state index contributed by atoms with van der Waals surface area (Å²) in [5.41, 5.74) is 0. The quantitative estimate of drug-likeness (QED) is 0.624. The minimum absolute atomic E-state index is 0. The second-order valence-corrected chi connectivity index (χ2v) is 1.82. The molecule has 1 heterocycles. The molecule has 1 saturated heterocycles. The lowest BCUT2D eigenvalue weighted by Crippen LogP contribution is -2.33. The third-order valence-corrected chi connectivity index (χ3v) is 1.09. The van der Waals surface area contributed by atoms with Crippen LogP contribution >= 0.6 is 37.2 Å². The second-order valence-electron chi connectivity index (χ2n) is 1.82. The lowest BCUT2D eigenvalue weighted by Gasteiger charge is -2.07. The highest BCUT2D eigenvalue weighted by molar-refractivity contribution is 5.97. The van der Waals surface area contributed by atoms with Gasteiger partial charge in [-0.15, -0.1) is 37.2 Å². The molecule has 3 nitrogen and oxygen atoms in total. The molecule has 1 N–H and O–H groups in total. The molecule has 0 aliphatic carbocycles. The van der Waals surface area contributed by atoms with Crippen LogP contribution in [0.2, 0.25) is 0 Å². The predicted molar refractivity (Wildman–Crippen MR) is 48.7 cm³/mol. The fourth-order valence-electron chi connectivity index (χ4n) is 0.690. The van der Waals surface area contributed by atoms with Crippen molar-refractivity contribution in [2.75, 3.05) is 0 Å². The van der Waals surface area contributed by atoms with E-state index in [4.69, 9.17) is 0 Å². The van der Waals surface area contributed by atoms with Gasteiger partial charge in [-0.1, -0.05) is 0 Å². The van der Waals surface area contributed by atoms with Crippen LogP contribution in [0.5, 0.6) is 0 Å². The molecule has 6 heteroatoms. The number of hydrogen-bond donors (Lipinski definition) is 1. The average Bonchev–Trinajstić information content (AvgIpc) is 1.64. The fourth-order valence-corrected chi connectivity index (χ4v) is 0.690. The van der Waals surface area contributed by atoms with Crippen LogP contribution in [0.1, 0.15) is 19.3 Å². The molecule has 0 spiro atoms. The number of hydrogen-bond acceptors (Lipinski definition) is 2. The highest BCUT2D eigenvalue weighted by Crippen LogP contribution is 2.00. The first-order valence-electron chi connectivity index (χ1n) is 2.62. The maximum Gasteiger partial charge on any atom is 0.226 e. The van der Waals surface area contributed by atoms with Gasteiger partial charge in [-0.25, -0.2) is 0 Å². The first-order valence-corrected chi connectivity index (χ1v) is 2.62. The number of nitrogens with one attached hydrogen (secondary N) is 1. The maximum atomic E-state index is 10.3. The van der Waals surface area contributed by atoms with E-state index >= 15 is 0 Å². The number of halogens is 3. The highest BCUT2D eigenvalue weighted by Gasteiger charge is 2.12. The van der Waals surface area contributed by atoms with E-state index in [0.29, 0.717) is 19.3 Å². The molecule has 0 atom stereocenters. The Morgan fingerprint density at radius 3 is 1.45 bits per heavy atom. The smallest absolute Gasteiger partial charge is 0.226 e. The van der Waals surface area contributed by atoms with Crippen molar-refractivity contribution < 1.29 is 9.59 Å². The molecular formula is C5H10Cl3NO2. The Hall–Kier alpha value is 0.01000. The van der Waals surface area contributed by atoms with Crippen molar-refractivity contribution >= 4 is 49.0 Å². The molecule has 0 radical (unpaired) electrons. The lowest BCUT2D eigenvalue weighted by molar-refractivity contribution is -0.132. The summed E-state index contributed by atoms with van der Waals surface area (Å²) in [7, 11) is 0. The van der Waals surface area contributed by atoms with E-state index in [-0.39, 0.29) is 49.0 Å². The van der Waals surface area contributed by atoms with E-state index in [1.165, 1.54) is 0 Å². The predicted octanol–water partition coefficient (Wildman–Crippen LogP) is 1.08. The van der Waals surface area contributed by atoms with Crippen molar-refractivity contribution in [1.82, 2.24) is 5.32 Å². The van der Waals surface area contributed by atoms with Gasteiger partial charge >= 0.3 is 0 Å². The van der Waals surface area contributed by atoms with E-state index in [2.05, 4.69) is 5.32 Å². The Kier molecular flexibility index (Phi) is 12.7. The standard InChI is InChI=1S/C5H7NO2.3ClH/c7-4-2-1-3-5(8)6-4;;;/h1-3H2,(H,6,7,8);3*1H. The zero-order valence-electron chi connectivity index (χ0n) is 5.66. The highest BCUT2D eigenvalue weighted by atomic mass is 35.5. The van der Waals surface area contributed by atoms with Crippen LogP contribution in [0, 0.1) is 0 Å². The average molecular weight is 222 g/mol. The first-order chi connectivity index (χ1) is 3.79. The van der Waals surface area contributed by atoms with Gasteiger partial charge in [0.15, 0.2) is 0 Å². The molecule has 2 amide bonds. The van der Waals surface area contributed by atoms with Crippen molar-refractivity contribution in [2.24, 2.45) is 0 Å². The summed E-state index contributed by atoms with van der Waals surface area (Å²) < 4.78 is 0. The van der Waals surface area contributed by atoms with Crippen molar-refractivity contribution in [3.05, 3.63) is 0 Å². The minimum Gasteiger partial charge on any atom is -0.296 e. The van der Waals surface area contributed by atoms with Gasteiger partial charge in [-0.3, -0.25) is 14.9 Å². The second kappa shape index (κ2) is 8.11. The van der Waals surface area contributed by atoms with Gasteiger partial charge in [0.2, 0.25) is 11.8 Å². The van der Waals surface area contributed by atoms with E-state index in [1.54, 1.807) is 0 Å². The Morgan fingerprint density at radius 1 is 0.909 bits per heavy atom. The molecule has 1 aliphatic rings. The lowest BCUT2D eigenvalue weighted by atomic mass is 10.1.